The topological polar surface area (TPSA) is 54.4 Å². The minimum absolute atomic E-state index is 0.0696. The fraction of sp³-hybridized carbons (Fsp3) is 0.214. The van der Waals surface area contributed by atoms with Crippen molar-refractivity contribution in [2.24, 2.45) is 0 Å². The molecule has 0 aliphatic heterocycles. The molecular weight excluding hydrogens is 285 g/mol. The van der Waals surface area contributed by atoms with Crippen molar-refractivity contribution in [1.82, 2.24) is 4.98 Å². The molecule has 0 aliphatic rings. The SMILES string of the molecule is O[C@@H](CNc1cccc(F)n1)COc1ccc(F)c(F)c1. The highest BCUT2D eigenvalue weighted by Crippen LogP contribution is 2.15. The molecule has 0 saturated carbocycles. The van der Waals surface area contributed by atoms with Crippen LogP contribution in [0.2, 0.25) is 0 Å². The largest absolute Gasteiger partial charge is 0.491 e. The molecule has 0 unspecified atom stereocenters. The first kappa shape index (κ1) is 15.1. The van der Waals surface area contributed by atoms with Gasteiger partial charge < -0.3 is 15.2 Å². The van der Waals surface area contributed by atoms with Crippen molar-refractivity contribution < 1.29 is 23.0 Å². The summed E-state index contributed by atoms with van der Waals surface area (Å²) in [6, 6.07) is 7.32. The van der Waals surface area contributed by atoms with Crippen LogP contribution in [0.5, 0.6) is 5.75 Å². The van der Waals surface area contributed by atoms with Gasteiger partial charge in [-0.15, -0.1) is 0 Å². The van der Waals surface area contributed by atoms with E-state index in [0.29, 0.717) is 0 Å². The number of hydrogen-bond donors (Lipinski definition) is 2. The summed E-state index contributed by atoms with van der Waals surface area (Å²) >= 11 is 0. The Hall–Kier alpha value is -2.28. The van der Waals surface area contributed by atoms with E-state index < -0.39 is 23.7 Å². The van der Waals surface area contributed by atoms with Crippen molar-refractivity contribution in [1.29, 1.82) is 0 Å². The molecule has 2 aromatic rings. The van der Waals surface area contributed by atoms with Crippen LogP contribution in [0.25, 0.3) is 0 Å². The maximum atomic E-state index is 12.9. The van der Waals surface area contributed by atoms with Gasteiger partial charge in [-0.1, -0.05) is 6.07 Å². The average Bonchev–Trinajstić information content (AvgIpc) is 2.46. The molecule has 1 aromatic heterocycles. The first-order valence-corrected chi connectivity index (χ1v) is 6.17. The zero-order valence-electron chi connectivity index (χ0n) is 10.9. The normalized spacial score (nSPS) is 12.0. The monoisotopic (exact) mass is 298 g/mol. The molecule has 1 atom stereocenters. The fourth-order valence-electron chi connectivity index (χ4n) is 1.55. The number of aromatic nitrogens is 1. The van der Waals surface area contributed by atoms with Gasteiger partial charge in [-0.3, -0.25) is 0 Å². The summed E-state index contributed by atoms with van der Waals surface area (Å²) in [5.74, 6) is -2.24. The van der Waals surface area contributed by atoms with Crippen molar-refractivity contribution in [3.05, 3.63) is 54.0 Å². The van der Waals surface area contributed by atoms with E-state index >= 15 is 0 Å². The maximum Gasteiger partial charge on any atom is 0.214 e. The van der Waals surface area contributed by atoms with Gasteiger partial charge in [0, 0.05) is 12.6 Å². The van der Waals surface area contributed by atoms with Crippen LogP contribution >= 0.6 is 0 Å². The number of benzene rings is 1. The highest BCUT2D eigenvalue weighted by atomic mass is 19.2. The third-order valence-corrected chi connectivity index (χ3v) is 2.57. The molecule has 0 bridgehead atoms. The standard InChI is InChI=1S/C14H13F3N2O2/c15-11-5-4-10(6-12(11)16)21-8-9(20)7-18-14-3-1-2-13(17)19-14/h1-6,9,20H,7-8H2,(H,18,19)/t9-/m0/s1. The van der Waals surface area contributed by atoms with Crippen molar-refractivity contribution in [2.45, 2.75) is 6.10 Å². The second-order valence-electron chi connectivity index (χ2n) is 4.27. The van der Waals surface area contributed by atoms with Gasteiger partial charge in [0.15, 0.2) is 11.6 Å². The van der Waals surface area contributed by atoms with E-state index in [1.165, 1.54) is 18.2 Å². The highest BCUT2D eigenvalue weighted by molar-refractivity contribution is 5.33. The highest BCUT2D eigenvalue weighted by Gasteiger charge is 2.08. The minimum Gasteiger partial charge on any atom is -0.491 e. The predicted molar refractivity (Wildman–Crippen MR) is 70.5 cm³/mol. The summed E-state index contributed by atoms with van der Waals surface area (Å²) in [7, 11) is 0. The van der Waals surface area contributed by atoms with Crippen molar-refractivity contribution >= 4 is 5.82 Å². The molecule has 0 spiro atoms. The van der Waals surface area contributed by atoms with Crippen LogP contribution < -0.4 is 10.1 Å². The van der Waals surface area contributed by atoms with E-state index in [-0.39, 0.29) is 24.7 Å². The first-order chi connectivity index (χ1) is 10.0. The lowest BCUT2D eigenvalue weighted by molar-refractivity contribution is 0.117. The van der Waals surface area contributed by atoms with Gasteiger partial charge in [0.2, 0.25) is 5.95 Å². The molecule has 0 saturated heterocycles. The molecule has 0 aliphatic carbocycles. The van der Waals surface area contributed by atoms with Gasteiger partial charge in [0.25, 0.3) is 0 Å². The molecule has 2 rings (SSSR count). The number of aliphatic hydroxyl groups excluding tert-OH is 1. The lowest BCUT2D eigenvalue weighted by atomic mass is 10.3. The lowest BCUT2D eigenvalue weighted by Crippen LogP contribution is -2.26. The third kappa shape index (κ3) is 4.64. The Bertz CT molecular complexity index is 611. The summed E-state index contributed by atoms with van der Waals surface area (Å²) in [6.45, 7) is -0.0620. The van der Waals surface area contributed by atoms with Crippen LogP contribution in [-0.4, -0.2) is 29.3 Å². The van der Waals surface area contributed by atoms with Crippen LogP contribution in [0.15, 0.2) is 36.4 Å². The van der Waals surface area contributed by atoms with Crippen molar-refractivity contribution in [3.8, 4) is 5.75 Å². The molecule has 2 N–H and O–H groups in total. The number of halogens is 3. The van der Waals surface area contributed by atoms with Gasteiger partial charge in [0.05, 0.1) is 0 Å². The van der Waals surface area contributed by atoms with Gasteiger partial charge in [0.1, 0.15) is 24.3 Å². The van der Waals surface area contributed by atoms with Crippen LogP contribution in [0, 0.1) is 17.6 Å². The average molecular weight is 298 g/mol. The Kier molecular flexibility index (Phi) is 4.99. The maximum absolute atomic E-state index is 12.9. The third-order valence-electron chi connectivity index (χ3n) is 2.57. The number of rotatable bonds is 6. The number of aliphatic hydroxyl groups is 1. The Balaban J connectivity index is 1.79. The van der Waals surface area contributed by atoms with Crippen LogP contribution in [0.1, 0.15) is 0 Å². The smallest absolute Gasteiger partial charge is 0.214 e. The van der Waals surface area contributed by atoms with E-state index in [9.17, 15) is 18.3 Å². The predicted octanol–water partition coefficient (Wildman–Crippen LogP) is 2.35. The van der Waals surface area contributed by atoms with Gasteiger partial charge in [-0.05, 0) is 24.3 Å². The Morgan fingerprint density at radius 1 is 1.14 bits per heavy atom. The zero-order valence-corrected chi connectivity index (χ0v) is 10.9. The number of hydrogen-bond acceptors (Lipinski definition) is 4. The number of pyridine rings is 1. The first-order valence-electron chi connectivity index (χ1n) is 6.17. The Morgan fingerprint density at radius 3 is 2.67 bits per heavy atom. The summed E-state index contributed by atoms with van der Waals surface area (Å²) in [4.78, 5) is 3.56. The van der Waals surface area contributed by atoms with Crippen LogP contribution in [0.4, 0.5) is 19.0 Å². The molecular formula is C14H13F3N2O2. The number of ether oxygens (including phenoxy) is 1. The Morgan fingerprint density at radius 2 is 1.95 bits per heavy atom. The van der Waals surface area contributed by atoms with Crippen molar-refractivity contribution in [3.63, 3.8) is 0 Å². The molecule has 1 aromatic carbocycles. The van der Waals surface area contributed by atoms with Gasteiger partial charge >= 0.3 is 0 Å². The lowest BCUT2D eigenvalue weighted by Gasteiger charge is -2.13. The zero-order chi connectivity index (χ0) is 15.2. The molecule has 0 fully saturated rings. The number of nitrogens with one attached hydrogen (secondary N) is 1. The second kappa shape index (κ2) is 6.94. The summed E-state index contributed by atoms with van der Waals surface area (Å²) in [6.07, 6.45) is -0.928. The summed E-state index contributed by atoms with van der Waals surface area (Å²) in [5.41, 5.74) is 0. The quantitative estimate of drug-likeness (QED) is 0.804. The van der Waals surface area contributed by atoms with E-state index in [4.69, 9.17) is 4.74 Å². The molecule has 21 heavy (non-hydrogen) atoms. The Labute approximate surface area is 119 Å². The van der Waals surface area contributed by atoms with Gasteiger partial charge in [-0.25, -0.2) is 13.8 Å². The van der Waals surface area contributed by atoms with E-state index in [1.54, 1.807) is 6.07 Å². The van der Waals surface area contributed by atoms with E-state index in [0.717, 1.165) is 12.1 Å². The second-order valence-corrected chi connectivity index (χ2v) is 4.27. The van der Waals surface area contributed by atoms with Crippen LogP contribution in [-0.2, 0) is 0 Å². The molecule has 0 radical (unpaired) electrons. The molecule has 112 valence electrons. The number of nitrogens with zero attached hydrogens (tertiary/aromatic N) is 1. The summed E-state index contributed by atoms with van der Waals surface area (Å²) < 4.78 is 43.6. The molecule has 0 amide bonds. The molecule has 7 heteroatoms. The van der Waals surface area contributed by atoms with Crippen molar-refractivity contribution in [2.75, 3.05) is 18.5 Å². The summed E-state index contributed by atoms with van der Waals surface area (Å²) in [5, 5.41) is 12.4. The van der Waals surface area contributed by atoms with E-state index in [1.807, 2.05) is 0 Å². The van der Waals surface area contributed by atoms with Gasteiger partial charge in [-0.2, -0.15) is 4.39 Å². The molecule has 1 heterocycles. The minimum atomic E-state index is -1.02. The fourth-order valence-corrected chi connectivity index (χ4v) is 1.55. The molecule has 4 nitrogen and oxygen atoms in total. The van der Waals surface area contributed by atoms with E-state index in [2.05, 4.69) is 10.3 Å². The van der Waals surface area contributed by atoms with Crippen LogP contribution in [0.3, 0.4) is 0 Å². The number of anilines is 1.